The molecule has 0 aliphatic carbocycles. The summed E-state index contributed by atoms with van der Waals surface area (Å²) in [4.78, 5) is 8.89. The van der Waals surface area contributed by atoms with Gasteiger partial charge in [-0.25, -0.2) is 4.98 Å². The number of aromatic nitrogens is 2. The molecule has 0 radical (unpaired) electrons. The number of nitriles is 1. The maximum atomic E-state index is 8.85. The van der Waals surface area contributed by atoms with E-state index >= 15 is 0 Å². The van der Waals surface area contributed by atoms with Crippen molar-refractivity contribution < 1.29 is 0 Å². The third-order valence-corrected chi connectivity index (χ3v) is 3.71. The van der Waals surface area contributed by atoms with Crippen molar-refractivity contribution in [3.05, 3.63) is 70.3 Å². The van der Waals surface area contributed by atoms with E-state index in [1.807, 2.05) is 49.4 Å². The van der Waals surface area contributed by atoms with E-state index < -0.39 is 0 Å². The van der Waals surface area contributed by atoms with Crippen molar-refractivity contribution in [2.24, 2.45) is 0 Å². The van der Waals surface area contributed by atoms with Crippen LogP contribution < -0.4 is 10.6 Å². The third kappa shape index (κ3) is 4.09. The maximum Gasteiger partial charge on any atom is 0.229 e. The molecule has 0 amide bonds. The standard InChI is InChI=1S/C18H14BrN5/c1-12-9-17(22-15-7-5-13(11-20)6-8-15)24-18(21-12)23-16-4-2-3-14(19)10-16/h2-10H,1H3,(H2,21,22,23,24). The summed E-state index contributed by atoms with van der Waals surface area (Å²) in [5.41, 5.74) is 3.23. The van der Waals surface area contributed by atoms with E-state index in [-0.39, 0.29) is 0 Å². The average Bonchev–Trinajstić information content (AvgIpc) is 2.55. The number of hydrogen-bond donors (Lipinski definition) is 2. The Balaban J connectivity index is 1.81. The van der Waals surface area contributed by atoms with Crippen LogP contribution in [0.2, 0.25) is 0 Å². The molecule has 0 saturated heterocycles. The van der Waals surface area contributed by atoms with Crippen LogP contribution in [0.5, 0.6) is 0 Å². The summed E-state index contributed by atoms with van der Waals surface area (Å²) in [5.74, 6) is 1.20. The first kappa shape index (κ1) is 16.0. The molecular formula is C18H14BrN5. The van der Waals surface area contributed by atoms with Gasteiger partial charge in [0.2, 0.25) is 5.95 Å². The second-order valence-corrected chi connectivity index (χ2v) is 6.08. The summed E-state index contributed by atoms with van der Waals surface area (Å²) in [6, 6.07) is 19.0. The van der Waals surface area contributed by atoms with E-state index in [1.165, 1.54) is 0 Å². The number of nitrogens with zero attached hydrogens (tertiary/aromatic N) is 3. The van der Waals surface area contributed by atoms with Crippen molar-refractivity contribution in [3.63, 3.8) is 0 Å². The van der Waals surface area contributed by atoms with Gasteiger partial charge in [-0.15, -0.1) is 0 Å². The van der Waals surface area contributed by atoms with E-state index in [2.05, 4.69) is 42.6 Å². The molecule has 3 rings (SSSR count). The Morgan fingerprint density at radius 3 is 2.46 bits per heavy atom. The van der Waals surface area contributed by atoms with Crippen LogP contribution in [0.3, 0.4) is 0 Å². The number of rotatable bonds is 4. The molecule has 24 heavy (non-hydrogen) atoms. The predicted octanol–water partition coefficient (Wildman–Crippen LogP) is 4.91. The van der Waals surface area contributed by atoms with E-state index in [4.69, 9.17) is 5.26 Å². The summed E-state index contributed by atoms with van der Waals surface area (Å²) in [6.07, 6.45) is 0. The normalized spacial score (nSPS) is 10.0. The molecule has 2 N–H and O–H groups in total. The van der Waals surface area contributed by atoms with Gasteiger partial charge in [0.25, 0.3) is 0 Å². The average molecular weight is 380 g/mol. The van der Waals surface area contributed by atoms with Crippen molar-refractivity contribution in [2.45, 2.75) is 6.92 Å². The molecule has 118 valence electrons. The lowest BCUT2D eigenvalue weighted by Crippen LogP contribution is -2.02. The predicted molar refractivity (Wildman–Crippen MR) is 98.6 cm³/mol. The molecule has 0 aliphatic heterocycles. The third-order valence-electron chi connectivity index (χ3n) is 3.22. The molecule has 6 heteroatoms. The van der Waals surface area contributed by atoms with Crippen LogP contribution in [0.15, 0.2) is 59.1 Å². The molecule has 5 nitrogen and oxygen atoms in total. The van der Waals surface area contributed by atoms with Crippen LogP contribution in [0.25, 0.3) is 0 Å². The van der Waals surface area contributed by atoms with E-state index in [1.54, 1.807) is 12.1 Å². The van der Waals surface area contributed by atoms with Crippen molar-refractivity contribution in [1.29, 1.82) is 5.26 Å². The van der Waals surface area contributed by atoms with Gasteiger partial charge in [0.15, 0.2) is 0 Å². The summed E-state index contributed by atoms with van der Waals surface area (Å²) >= 11 is 3.44. The second kappa shape index (κ2) is 7.11. The van der Waals surface area contributed by atoms with Gasteiger partial charge in [0, 0.05) is 27.6 Å². The fraction of sp³-hybridized carbons (Fsp3) is 0.0556. The Kier molecular flexibility index (Phi) is 4.73. The summed E-state index contributed by atoms with van der Waals surface area (Å²) in [7, 11) is 0. The number of benzene rings is 2. The van der Waals surface area contributed by atoms with Crippen LogP contribution >= 0.6 is 15.9 Å². The molecule has 0 saturated carbocycles. The highest BCUT2D eigenvalue weighted by Crippen LogP contribution is 2.21. The number of hydrogen-bond acceptors (Lipinski definition) is 5. The molecule has 1 aromatic heterocycles. The maximum absolute atomic E-state index is 8.85. The molecule has 2 aromatic carbocycles. The summed E-state index contributed by atoms with van der Waals surface area (Å²) in [5, 5.41) is 15.3. The van der Waals surface area contributed by atoms with E-state index in [0.29, 0.717) is 17.3 Å². The summed E-state index contributed by atoms with van der Waals surface area (Å²) < 4.78 is 0.982. The van der Waals surface area contributed by atoms with Crippen molar-refractivity contribution in [2.75, 3.05) is 10.6 Å². The minimum atomic E-state index is 0.518. The molecule has 0 fully saturated rings. The lowest BCUT2D eigenvalue weighted by molar-refractivity contribution is 1.11. The number of aryl methyl sites for hydroxylation is 1. The van der Waals surface area contributed by atoms with Gasteiger partial charge < -0.3 is 10.6 Å². The zero-order valence-corrected chi connectivity index (χ0v) is 14.5. The first-order chi connectivity index (χ1) is 11.6. The molecule has 0 spiro atoms. The topological polar surface area (TPSA) is 73.6 Å². The Labute approximate surface area is 148 Å². The smallest absolute Gasteiger partial charge is 0.229 e. The highest BCUT2D eigenvalue weighted by molar-refractivity contribution is 9.10. The molecule has 1 heterocycles. The van der Waals surface area contributed by atoms with Gasteiger partial charge in [-0.3, -0.25) is 0 Å². The summed E-state index contributed by atoms with van der Waals surface area (Å²) in [6.45, 7) is 1.91. The SMILES string of the molecule is Cc1cc(Nc2ccc(C#N)cc2)nc(Nc2cccc(Br)c2)n1. The lowest BCUT2D eigenvalue weighted by Gasteiger charge is -2.10. The lowest BCUT2D eigenvalue weighted by atomic mass is 10.2. The Hall–Kier alpha value is -2.91. The van der Waals surface area contributed by atoms with Gasteiger partial charge in [0.05, 0.1) is 11.6 Å². The monoisotopic (exact) mass is 379 g/mol. The highest BCUT2D eigenvalue weighted by Gasteiger charge is 2.04. The second-order valence-electron chi connectivity index (χ2n) is 5.17. The minimum Gasteiger partial charge on any atom is -0.340 e. The number of anilines is 4. The Morgan fingerprint density at radius 2 is 1.75 bits per heavy atom. The minimum absolute atomic E-state index is 0.518. The molecule has 0 atom stereocenters. The highest BCUT2D eigenvalue weighted by atomic mass is 79.9. The van der Waals surface area contributed by atoms with E-state index in [9.17, 15) is 0 Å². The molecule has 0 unspecified atom stereocenters. The molecular weight excluding hydrogens is 366 g/mol. The van der Waals surface area contributed by atoms with Gasteiger partial charge in [-0.05, 0) is 49.4 Å². The molecule has 0 bridgehead atoms. The fourth-order valence-electron chi connectivity index (χ4n) is 2.16. The van der Waals surface area contributed by atoms with Crippen molar-refractivity contribution in [1.82, 2.24) is 9.97 Å². The van der Waals surface area contributed by atoms with Crippen molar-refractivity contribution >= 4 is 39.1 Å². The molecule has 0 aliphatic rings. The van der Waals surface area contributed by atoms with Gasteiger partial charge in [0.1, 0.15) is 5.82 Å². The van der Waals surface area contributed by atoms with Crippen LogP contribution in [-0.4, -0.2) is 9.97 Å². The Bertz CT molecular complexity index is 900. The van der Waals surface area contributed by atoms with Crippen LogP contribution in [0.1, 0.15) is 11.3 Å². The number of nitrogens with one attached hydrogen (secondary N) is 2. The van der Waals surface area contributed by atoms with Gasteiger partial charge in [-0.2, -0.15) is 10.2 Å². The quantitative estimate of drug-likeness (QED) is 0.673. The van der Waals surface area contributed by atoms with Crippen LogP contribution in [0, 0.1) is 18.3 Å². The van der Waals surface area contributed by atoms with Crippen LogP contribution in [0.4, 0.5) is 23.1 Å². The van der Waals surface area contributed by atoms with Gasteiger partial charge in [-0.1, -0.05) is 22.0 Å². The Morgan fingerprint density at radius 1 is 0.958 bits per heavy atom. The molecule has 3 aromatic rings. The fourth-order valence-corrected chi connectivity index (χ4v) is 2.56. The zero-order chi connectivity index (χ0) is 16.9. The first-order valence-corrected chi connectivity index (χ1v) is 8.07. The van der Waals surface area contributed by atoms with Gasteiger partial charge >= 0.3 is 0 Å². The first-order valence-electron chi connectivity index (χ1n) is 7.28. The largest absolute Gasteiger partial charge is 0.340 e. The van der Waals surface area contributed by atoms with E-state index in [0.717, 1.165) is 21.5 Å². The zero-order valence-electron chi connectivity index (χ0n) is 12.9. The number of halogens is 1. The van der Waals surface area contributed by atoms with Crippen molar-refractivity contribution in [3.8, 4) is 6.07 Å². The van der Waals surface area contributed by atoms with Crippen LogP contribution in [-0.2, 0) is 0 Å².